The molecular formula is C21H23N3O5. The first-order valence-electron chi connectivity index (χ1n) is 9.77. The van der Waals surface area contributed by atoms with Gasteiger partial charge in [-0.05, 0) is 37.7 Å². The molecule has 3 amide bonds. The molecule has 2 aliphatic rings. The van der Waals surface area contributed by atoms with Gasteiger partial charge in [0, 0.05) is 22.7 Å². The van der Waals surface area contributed by atoms with Crippen molar-refractivity contribution in [2.75, 3.05) is 13.2 Å². The maximum Gasteiger partial charge on any atom is 0.326 e. The van der Waals surface area contributed by atoms with Gasteiger partial charge < -0.3 is 15.0 Å². The van der Waals surface area contributed by atoms with Crippen molar-refractivity contribution in [1.29, 1.82) is 0 Å². The number of rotatable bonds is 7. The van der Waals surface area contributed by atoms with Crippen molar-refractivity contribution >= 4 is 34.6 Å². The minimum atomic E-state index is -0.950. The monoisotopic (exact) mass is 397 g/mol. The van der Waals surface area contributed by atoms with Gasteiger partial charge in [-0.1, -0.05) is 25.1 Å². The molecule has 1 aliphatic carbocycles. The fourth-order valence-electron chi connectivity index (χ4n) is 3.94. The molecular weight excluding hydrogens is 374 g/mol. The first kappa shape index (κ1) is 19.2. The van der Waals surface area contributed by atoms with E-state index in [9.17, 15) is 19.2 Å². The number of urea groups is 1. The molecule has 0 radical (unpaired) electrons. The summed E-state index contributed by atoms with van der Waals surface area (Å²) in [4.78, 5) is 53.3. The van der Waals surface area contributed by atoms with Crippen LogP contribution in [0.2, 0.25) is 0 Å². The number of amides is 3. The second-order valence-electron chi connectivity index (χ2n) is 7.78. The summed E-state index contributed by atoms with van der Waals surface area (Å²) in [6, 6.07) is 5.11. The zero-order valence-corrected chi connectivity index (χ0v) is 16.4. The van der Waals surface area contributed by atoms with E-state index in [4.69, 9.17) is 4.74 Å². The van der Waals surface area contributed by atoms with Gasteiger partial charge in [0.2, 0.25) is 5.78 Å². The Bertz CT molecular complexity index is 1020. The lowest BCUT2D eigenvalue weighted by Gasteiger charge is -2.20. The summed E-state index contributed by atoms with van der Waals surface area (Å²) in [5.41, 5.74) is 1.48. The van der Waals surface area contributed by atoms with Crippen LogP contribution in [0.4, 0.5) is 4.79 Å². The normalized spacial score (nSPS) is 21.5. The number of ketones is 1. The number of ether oxygens (including phenoxy) is 1. The van der Waals surface area contributed by atoms with Crippen LogP contribution in [0.5, 0.6) is 0 Å². The van der Waals surface area contributed by atoms with E-state index in [0.29, 0.717) is 5.56 Å². The fourth-order valence-corrected chi connectivity index (χ4v) is 3.94. The summed E-state index contributed by atoms with van der Waals surface area (Å²) in [6.07, 6.45) is 4.18. The van der Waals surface area contributed by atoms with E-state index in [1.54, 1.807) is 13.1 Å². The Morgan fingerprint density at radius 3 is 2.72 bits per heavy atom. The molecule has 1 aromatic carbocycles. The number of carbonyl (C=O) groups is 4. The van der Waals surface area contributed by atoms with Crippen molar-refractivity contribution in [3.8, 4) is 0 Å². The van der Waals surface area contributed by atoms with Gasteiger partial charge in [0.15, 0.2) is 6.61 Å². The molecule has 29 heavy (non-hydrogen) atoms. The molecule has 1 atom stereocenters. The Morgan fingerprint density at radius 1 is 1.28 bits per heavy atom. The summed E-state index contributed by atoms with van der Waals surface area (Å²) >= 11 is 0. The highest BCUT2D eigenvalue weighted by Crippen LogP contribution is 2.42. The standard InChI is InChI=1S/C21H23N3O5/c1-3-12-5-4-6-14-15(9-22-18(12)14)16(25)11-29-17(26)10-24-19(27)21(2,13-7-8-13)23-20(24)28/h4-6,9,13,22H,3,7-8,10-11H2,1-2H3,(H,23,28)/t21-/m0/s1. The number of aromatic nitrogens is 1. The van der Waals surface area contributed by atoms with Gasteiger partial charge in [-0.25, -0.2) is 4.79 Å². The quantitative estimate of drug-likeness (QED) is 0.423. The van der Waals surface area contributed by atoms with E-state index < -0.39 is 36.6 Å². The van der Waals surface area contributed by atoms with Crippen molar-refractivity contribution in [1.82, 2.24) is 15.2 Å². The Hall–Kier alpha value is -3.16. The molecule has 1 aromatic heterocycles. The summed E-state index contributed by atoms with van der Waals surface area (Å²) in [7, 11) is 0. The van der Waals surface area contributed by atoms with Crippen LogP contribution in [-0.2, 0) is 20.7 Å². The third-order valence-corrected chi connectivity index (χ3v) is 5.83. The van der Waals surface area contributed by atoms with Crippen LogP contribution in [0.3, 0.4) is 0 Å². The van der Waals surface area contributed by atoms with Crippen LogP contribution in [0.15, 0.2) is 24.4 Å². The van der Waals surface area contributed by atoms with Crippen LogP contribution < -0.4 is 5.32 Å². The smallest absolute Gasteiger partial charge is 0.326 e. The zero-order chi connectivity index (χ0) is 20.8. The molecule has 0 unspecified atom stereocenters. The van der Waals surface area contributed by atoms with Gasteiger partial charge in [-0.3, -0.25) is 19.3 Å². The Balaban J connectivity index is 1.38. The maximum absolute atomic E-state index is 12.6. The number of para-hydroxylation sites is 1. The Morgan fingerprint density at radius 2 is 2.03 bits per heavy atom. The van der Waals surface area contributed by atoms with E-state index >= 15 is 0 Å². The van der Waals surface area contributed by atoms with Gasteiger partial charge in [0.1, 0.15) is 12.1 Å². The topological polar surface area (TPSA) is 109 Å². The number of aryl methyl sites for hydroxylation is 1. The van der Waals surface area contributed by atoms with Crippen molar-refractivity contribution in [2.45, 2.75) is 38.6 Å². The number of benzene rings is 1. The SMILES string of the molecule is CCc1cccc2c(C(=O)COC(=O)CN3C(=O)N[C@@](C)(C4CC4)C3=O)c[nH]c12. The lowest BCUT2D eigenvalue weighted by Crippen LogP contribution is -2.46. The molecule has 0 spiro atoms. The van der Waals surface area contributed by atoms with Crippen LogP contribution in [-0.4, -0.2) is 52.3 Å². The predicted molar refractivity (Wildman–Crippen MR) is 104 cm³/mol. The van der Waals surface area contributed by atoms with Crippen LogP contribution in [0.25, 0.3) is 10.9 Å². The minimum Gasteiger partial charge on any atom is -0.456 e. The van der Waals surface area contributed by atoms with Crippen molar-refractivity contribution in [3.63, 3.8) is 0 Å². The molecule has 1 saturated heterocycles. The molecule has 8 nitrogen and oxygen atoms in total. The molecule has 2 fully saturated rings. The molecule has 8 heteroatoms. The molecule has 152 valence electrons. The van der Waals surface area contributed by atoms with E-state index in [0.717, 1.165) is 40.6 Å². The number of nitrogens with zero attached hydrogens (tertiary/aromatic N) is 1. The Labute approximate surface area is 167 Å². The molecule has 2 heterocycles. The van der Waals surface area contributed by atoms with Gasteiger partial charge in [0.05, 0.1) is 0 Å². The van der Waals surface area contributed by atoms with Crippen LogP contribution in [0, 0.1) is 5.92 Å². The van der Waals surface area contributed by atoms with Gasteiger partial charge in [0.25, 0.3) is 5.91 Å². The number of aromatic amines is 1. The number of hydrogen-bond donors (Lipinski definition) is 2. The number of Topliss-reactive ketones (excluding diaryl/α,β-unsaturated/α-hetero) is 1. The zero-order valence-electron chi connectivity index (χ0n) is 16.4. The number of nitrogens with one attached hydrogen (secondary N) is 2. The molecule has 1 aliphatic heterocycles. The fraction of sp³-hybridized carbons (Fsp3) is 0.429. The summed E-state index contributed by atoms with van der Waals surface area (Å²) in [5.74, 6) is -1.46. The second-order valence-corrected chi connectivity index (χ2v) is 7.78. The average Bonchev–Trinajstić information content (AvgIpc) is 3.44. The summed E-state index contributed by atoms with van der Waals surface area (Å²) < 4.78 is 5.06. The van der Waals surface area contributed by atoms with Crippen molar-refractivity contribution in [3.05, 3.63) is 35.5 Å². The highest BCUT2D eigenvalue weighted by Gasteiger charge is 2.56. The van der Waals surface area contributed by atoms with Crippen molar-refractivity contribution in [2.24, 2.45) is 5.92 Å². The van der Waals surface area contributed by atoms with Crippen LogP contribution in [0.1, 0.15) is 42.6 Å². The minimum absolute atomic E-state index is 0.108. The third-order valence-electron chi connectivity index (χ3n) is 5.83. The first-order chi connectivity index (χ1) is 13.8. The van der Waals surface area contributed by atoms with Gasteiger partial charge in [-0.15, -0.1) is 0 Å². The third kappa shape index (κ3) is 3.28. The number of imide groups is 1. The number of carbonyl (C=O) groups excluding carboxylic acids is 4. The Kier molecular flexibility index (Phi) is 4.64. The van der Waals surface area contributed by atoms with E-state index in [1.165, 1.54) is 0 Å². The highest BCUT2D eigenvalue weighted by atomic mass is 16.5. The molecule has 1 saturated carbocycles. The number of hydrogen-bond acceptors (Lipinski definition) is 5. The second kappa shape index (κ2) is 7.02. The number of fused-ring (bicyclic) bond motifs is 1. The molecule has 2 N–H and O–H groups in total. The highest BCUT2D eigenvalue weighted by molar-refractivity contribution is 6.10. The van der Waals surface area contributed by atoms with E-state index in [-0.39, 0.29) is 11.7 Å². The summed E-state index contributed by atoms with van der Waals surface area (Å²) in [6.45, 7) is 2.75. The predicted octanol–water partition coefficient (Wildman–Crippen LogP) is 2.18. The van der Waals surface area contributed by atoms with Gasteiger partial charge >= 0.3 is 12.0 Å². The lowest BCUT2D eigenvalue weighted by atomic mass is 9.96. The van der Waals surface area contributed by atoms with Gasteiger partial charge in [-0.2, -0.15) is 0 Å². The van der Waals surface area contributed by atoms with Crippen molar-refractivity contribution < 1.29 is 23.9 Å². The lowest BCUT2D eigenvalue weighted by molar-refractivity contribution is -0.146. The number of H-pyrrole nitrogens is 1. The average molecular weight is 397 g/mol. The summed E-state index contributed by atoms with van der Waals surface area (Å²) in [5, 5.41) is 3.45. The van der Waals surface area contributed by atoms with Crippen LogP contribution >= 0.6 is 0 Å². The van der Waals surface area contributed by atoms with E-state index in [2.05, 4.69) is 10.3 Å². The maximum atomic E-state index is 12.6. The number of esters is 1. The van der Waals surface area contributed by atoms with E-state index in [1.807, 2.05) is 25.1 Å². The largest absolute Gasteiger partial charge is 0.456 e. The molecule has 0 bridgehead atoms. The molecule has 2 aromatic rings. The first-order valence-corrected chi connectivity index (χ1v) is 9.77. The molecule has 4 rings (SSSR count).